The number of nitrogens with zero attached hydrogens (tertiary/aromatic N) is 2. The second-order valence-electron chi connectivity index (χ2n) is 8.40. The summed E-state index contributed by atoms with van der Waals surface area (Å²) in [6.07, 6.45) is 4.51. The van der Waals surface area contributed by atoms with Gasteiger partial charge >= 0.3 is 0 Å². The van der Waals surface area contributed by atoms with Crippen LogP contribution in [0.3, 0.4) is 0 Å². The Morgan fingerprint density at radius 2 is 1.77 bits per heavy atom. The lowest BCUT2D eigenvalue weighted by Crippen LogP contribution is -2.46. The van der Waals surface area contributed by atoms with E-state index >= 15 is 0 Å². The summed E-state index contributed by atoms with van der Waals surface area (Å²) in [5.41, 5.74) is 11.8. The van der Waals surface area contributed by atoms with Crippen LogP contribution in [0.5, 0.6) is 0 Å². The minimum Gasteiger partial charge on any atom is -0.464 e. The van der Waals surface area contributed by atoms with E-state index in [-0.39, 0.29) is 5.43 Å². The Balaban J connectivity index is 1.26. The normalized spacial score (nSPS) is 15.1. The third-order valence-electron chi connectivity index (χ3n) is 6.24. The molecule has 3 aromatic rings. The van der Waals surface area contributed by atoms with Crippen molar-refractivity contribution in [2.24, 2.45) is 0 Å². The van der Waals surface area contributed by atoms with Crippen LogP contribution in [0, 0.1) is 13.8 Å². The molecule has 0 unspecified atom stereocenters. The summed E-state index contributed by atoms with van der Waals surface area (Å²) in [7, 11) is 0. The lowest BCUT2D eigenvalue weighted by atomic mass is 10.0. The van der Waals surface area contributed by atoms with E-state index in [4.69, 9.17) is 10.2 Å². The molecule has 0 saturated carbocycles. The molecule has 1 aliphatic rings. The summed E-state index contributed by atoms with van der Waals surface area (Å²) < 4.78 is 5.74. The van der Waals surface area contributed by atoms with Gasteiger partial charge in [-0.25, -0.2) is 0 Å². The maximum absolute atomic E-state index is 12.8. The van der Waals surface area contributed by atoms with Crippen LogP contribution >= 0.6 is 0 Å². The highest BCUT2D eigenvalue weighted by Gasteiger charge is 2.17. The van der Waals surface area contributed by atoms with Gasteiger partial charge in [0, 0.05) is 43.1 Å². The highest BCUT2D eigenvalue weighted by Crippen LogP contribution is 2.20. The molecule has 1 aromatic heterocycles. The first-order valence-electron chi connectivity index (χ1n) is 10.9. The molecule has 1 fully saturated rings. The predicted octanol–water partition coefficient (Wildman–Crippen LogP) is 4.14. The SMILES string of the molecule is Cc1cc2occ(CCCCN3CCN(c4cccc(N)c4)CC3)c(=O)c2cc1C. The van der Waals surface area contributed by atoms with Crippen LogP contribution in [0.4, 0.5) is 11.4 Å². The van der Waals surface area contributed by atoms with Crippen molar-refractivity contribution in [2.45, 2.75) is 33.1 Å². The van der Waals surface area contributed by atoms with Gasteiger partial charge in [-0.2, -0.15) is 0 Å². The Labute approximate surface area is 178 Å². The number of fused-ring (bicyclic) bond motifs is 1. The average molecular weight is 406 g/mol. The first-order valence-corrected chi connectivity index (χ1v) is 10.9. The van der Waals surface area contributed by atoms with E-state index in [1.807, 2.05) is 44.2 Å². The second kappa shape index (κ2) is 8.92. The van der Waals surface area contributed by atoms with Gasteiger partial charge in [0.2, 0.25) is 0 Å². The van der Waals surface area contributed by atoms with Gasteiger partial charge in [0.05, 0.1) is 11.6 Å². The molecule has 30 heavy (non-hydrogen) atoms. The van der Waals surface area contributed by atoms with E-state index in [0.29, 0.717) is 11.0 Å². The van der Waals surface area contributed by atoms with Crippen molar-refractivity contribution in [3.63, 3.8) is 0 Å². The molecule has 0 amide bonds. The number of hydrogen-bond donors (Lipinski definition) is 1. The van der Waals surface area contributed by atoms with Gasteiger partial charge in [0.25, 0.3) is 0 Å². The van der Waals surface area contributed by atoms with Gasteiger partial charge in [-0.15, -0.1) is 0 Å². The van der Waals surface area contributed by atoms with Crippen molar-refractivity contribution >= 4 is 22.3 Å². The van der Waals surface area contributed by atoms with Gasteiger partial charge in [-0.1, -0.05) is 6.07 Å². The standard InChI is InChI=1S/C25H31N3O2/c1-18-14-23-24(15-19(18)2)30-17-20(25(23)29)6-3-4-9-27-10-12-28(13-11-27)22-8-5-7-21(26)16-22/h5,7-8,14-17H,3-4,6,9-13,26H2,1-2H3. The van der Waals surface area contributed by atoms with Gasteiger partial charge < -0.3 is 15.1 Å². The third-order valence-corrected chi connectivity index (χ3v) is 6.24. The van der Waals surface area contributed by atoms with Crippen LogP contribution in [0.1, 0.15) is 29.5 Å². The zero-order valence-electron chi connectivity index (χ0n) is 18.0. The minimum absolute atomic E-state index is 0.120. The van der Waals surface area contributed by atoms with E-state index in [2.05, 4.69) is 15.9 Å². The maximum atomic E-state index is 12.8. The summed E-state index contributed by atoms with van der Waals surface area (Å²) in [6, 6.07) is 12.0. The molecule has 2 aromatic carbocycles. The molecule has 4 rings (SSSR count). The Hall–Kier alpha value is -2.79. The van der Waals surface area contributed by atoms with Crippen LogP contribution in [0.2, 0.25) is 0 Å². The topological polar surface area (TPSA) is 62.7 Å². The quantitative estimate of drug-likeness (QED) is 0.493. The van der Waals surface area contributed by atoms with E-state index in [0.717, 1.165) is 74.4 Å². The van der Waals surface area contributed by atoms with Crippen LogP contribution in [-0.4, -0.2) is 37.6 Å². The first kappa shape index (κ1) is 20.5. The first-order chi connectivity index (χ1) is 14.5. The molecule has 5 heteroatoms. The second-order valence-corrected chi connectivity index (χ2v) is 8.40. The van der Waals surface area contributed by atoms with E-state index < -0.39 is 0 Å². The van der Waals surface area contributed by atoms with Gasteiger partial charge in [-0.05, 0) is 81.1 Å². The Morgan fingerprint density at radius 3 is 2.53 bits per heavy atom. The van der Waals surface area contributed by atoms with E-state index in [9.17, 15) is 4.79 Å². The van der Waals surface area contributed by atoms with Crippen LogP contribution in [0.15, 0.2) is 51.9 Å². The van der Waals surface area contributed by atoms with Crippen molar-refractivity contribution in [1.82, 2.24) is 4.90 Å². The summed E-state index contributed by atoms with van der Waals surface area (Å²) in [4.78, 5) is 17.7. The van der Waals surface area contributed by atoms with Crippen molar-refractivity contribution in [1.29, 1.82) is 0 Å². The van der Waals surface area contributed by atoms with Crippen molar-refractivity contribution in [2.75, 3.05) is 43.4 Å². The summed E-state index contributed by atoms with van der Waals surface area (Å²) in [6.45, 7) is 9.32. The van der Waals surface area contributed by atoms with Crippen LogP contribution in [-0.2, 0) is 6.42 Å². The lowest BCUT2D eigenvalue weighted by Gasteiger charge is -2.36. The van der Waals surface area contributed by atoms with Gasteiger partial charge in [0.1, 0.15) is 5.58 Å². The Kier molecular flexibility index (Phi) is 6.09. The Morgan fingerprint density at radius 1 is 1.00 bits per heavy atom. The largest absolute Gasteiger partial charge is 0.464 e. The number of unbranched alkanes of at least 4 members (excludes halogenated alkanes) is 1. The van der Waals surface area contributed by atoms with E-state index in [1.54, 1.807) is 6.26 Å². The minimum atomic E-state index is 0.120. The molecule has 0 aliphatic carbocycles. The van der Waals surface area contributed by atoms with Gasteiger partial charge in [0.15, 0.2) is 5.43 Å². The summed E-state index contributed by atoms with van der Waals surface area (Å²) in [5.74, 6) is 0. The summed E-state index contributed by atoms with van der Waals surface area (Å²) in [5, 5.41) is 0.702. The lowest BCUT2D eigenvalue weighted by molar-refractivity contribution is 0.253. The fourth-order valence-corrected chi connectivity index (χ4v) is 4.20. The number of anilines is 2. The number of nitrogens with two attached hydrogens (primary N) is 1. The number of nitrogen functional groups attached to an aromatic ring is 1. The number of piperazine rings is 1. The molecule has 158 valence electrons. The molecule has 0 atom stereocenters. The van der Waals surface area contributed by atoms with Crippen molar-refractivity contribution in [3.8, 4) is 0 Å². The third kappa shape index (κ3) is 4.51. The molecule has 1 aliphatic heterocycles. The monoisotopic (exact) mass is 405 g/mol. The smallest absolute Gasteiger partial charge is 0.195 e. The van der Waals surface area contributed by atoms with Crippen LogP contribution < -0.4 is 16.1 Å². The fraction of sp³-hybridized carbons (Fsp3) is 0.400. The zero-order chi connectivity index (χ0) is 21.1. The van der Waals surface area contributed by atoms with E-state index in [1.165, 1.54) is 5.69 Å². The van der Waals surface area contributed by atoms with Crippen molar-refractivity contribution in [3.05, 3.63) is 69.6 Å². The maximum Gasteiger partial charge on any atom is 0.195 e. The zero-order valence-corrected chi connectivity index (χ0v) is 18.0. The number of rotatable bonds is 6. The van der Waals surface area contributed by atoms with Crippen molar-refractivity contribution < 1.29 is 4.42 Å². The molecule has 0 spiro atoms. The Bertz CT molecular complexity index is 1080. The molecular formula is C25H31N3O2. The molecule has 1 saturated heterocycles. The number of hydrogen-bond acceptors (Lipinski definition) is 5. The average Bonchev–Trinajstić information content (AvgIpc) is 2.74. The molecule has 0 radical (unpaired) electrons. The summed E-state index contributed by atoms with van der Waals surface area (Å²) >= 11 is 0. The fourth-order valence-electron chi connectivity index (χ4n) is 4.20. The number of aryl methyl sites for hydroxylation is 3. The molecular weight excluding hydrogens is 374 g/mol. The molecule has 2 N–H and O–H groups in total. The molecule has 0 bridgehead atoms. The highest BCUT2D eigenvalue weighted by atomic mass is 16.3. The molecule has 2 heterocycles. The highest BCUT2D eigenvalue weighted by molar-refractivity contribution is 5.78. The predicted molar refractivity (Wildman–Crippen MR) is 124 cm³/mol. The van der Waals surface area contributed by atoms with Gasteiger partial charge in [-0.3, -0.25) is 9.69 Å². The van der Waals surface area contributed by atoms with Crippen LogP contribution in [0.25, 0.3) is 11.0 Å². The molecule has 5 nitrogen and oxygen atoms in total. The number of benzene rings is 2.